The molecular weight excluding hydrogens is 559 g/mol. The van der Waals surface area contributed by atoms with Gasteiger partial charge < -0.3 is 34.0 Å². The Morgan fingerprint density at radius 1 is 1.08 bits per heavy atom. The van der Waals surface area contributed by atoms with E-state index in [9.17, 15) is 9.90 Å². The highest BCUT2D eigenvalue weighted by molar-refractivity contribution is 6.06. The Morgan fingerprint density at radius 2 is 1.89 bits per heavy atom. The SMILES string of the molecule is CCN1c2ccc(/C=C/C3=[N+](CCC(=O)O)c4ccccc4C34CCCCC4)cc2C2CCCC21.[I-]. The van der Waals surface area contributed by atoms with E-state index in [1.54, 1.807) is 0 Å². The molecule has 2 aliphatic heterocycles. The molecule has 2 saturated carbocycles. The zero-order valence-electron chi connectivity index (χ0n) is 21.3. The van der Waals surface area contributed by atoms with Crippen LogP contribution in [0.15, 0.2) is 48.5 Å². The molecule has 0 saturated heterocycles. The number of hydrogen-bond acceptors (Lipinski definition) is 2. The maximum atomic E-state index is 11.5. The van der Waals surface area contributed by atoms with E-state index >= 15 is 0 Å². The summed E-state index contributed by atoms with van der Waals surface area (Å²) in [5, 5.41) is 9.47. The molecule has 6 rings (SSSR count). The highest BCUT2D eigenvalue weighted by atomic mass is 127. The summed E-state index contributed by atoms with van der Waals surface area (Å²) in [6, 6.07) is 16.4. The summed E-state index contributed by atoms with van der Waals surface area (Å²) in [6.07, 6.45) is 14.8. The first kappa shape index (κ1) is 25.5. The van der Waals surface area contributed by atoms with Crippen molar-refractivity contribution in [3.63, 3.8) is 0 Å². The number of para-hydroxylation sites is 1. The van der Waals surface area contributed by atoms with E-state index in [1.165, 1.54) is 72.3 Å². The van der Waals surface area contributed by atoms with Crippen molar-refractivity contribution in [2.75, 3.05) is 18.0 Å². The molecule has 0 amide bonds. The number of rotatable bonds is 6. The Balaban J connectivity index is 0.00000267. The molecule has 2 heterocycles. The van der Waals surface area contributed by atoms with Gasteiger partial charge in [0.2, 0.25) is 5.69 Å². The lowest BCUT2D eigenvalue weighted by Gasteiger charge is -2.31. The average molecular weight is 597 g/mol. The minimum Gasteiger partial charge on any atom is -1.00 e. The van der Waals surface area contributed by atoms with Gasteiger partial charge in [-0.05, 0) is 61.9 Å². The van der Waals surface area contributed by atoms with E-state index in [0.29, 0.717) is 18.5 Å². The van der Waals surface area contributed by atoms with Gasteiger partial charge in [-0.25, -0.2) is 0 Å². The van der Waals surface area contributed by atoms with Gasteiger partial charge in [-0.3, -0.25) is 4.79 Å². The van der Waals surface area contributed by atoms with Gasteiger partial charge in [-0.1, -0.05) is 49.9 Å². The average Bonchev–Trinajstić information content (AvgIpc) is 3.53. The fraction of sp³-hybridized carbons (Fsp3) is 0.484. The number of carboxylic acid groups (broad SMARTS) is 1. The number of carboxylic acids is 1. The number of aliphatic carboxylic acids is 1. The zero-order valence-corrected chi connectivity index (χ0v) is 23.4. The maximum absolute atomic E-state index is 11.5. The molecule has 2 unspecified atom stereocenters. The topological polar surface area (TPSA) is 43.5 Å². The second-order valence-corrected chi connectivity index (χ2v) is 10.9. The van der Waals surface area contributed by atoms with Gasteiger partial charge in [-0.15, -0.1) is 0 Å². The van der Waals surface area contributed by atoms with E-state index in [0.717, 1.165) is 19.4 Å². The first-order valence-electron chi connectivity index (χ1n) is 13.7. The summed E-state index contributed by atoms with van der Waals surface area (Å²) in [6.45, 7) is 3.88. The van der Waals surface area contributed by atoms with Crippen LogP contribution in [0.2, 0.25) is 0 Å². The number of fused-ring (bicyclic) bond motifs is 5. The summed E-state index contributed by atoms with van der Waals surface area (Å²) < 4.78 is 2.31. The van der Waals surface area contributed by atoms with E-state index in [-0.39, 0.29) is 35.8 Å². The largest absolute Gasteiger partial charge is 1.00 e. The number of anilines is 1. The number of halogens is 1. The molecule has 2 fully saturated rings. The second kappa shape index (κ2) is 10.3. The first-order valence-corrected chi connectivity index (χ1v) is 13.7. The van der Waals surface area contributed by atoms with Crippen LogP contribution in [-0.4, -0.2) is 40.5 Å². The molecule has 2 aromatic carbocycles. The normalized spacial score (nSPS) is 23.6. The number of nitrogens with zero attached hydrogens (tertiary/aromatic N) is 2. The summed E-state index contributed by atoms with van der Waals surface area (Å²) in [5.41, 5.74) is 8.14. The van der Waals surface area contributed by atoms with Crippen LogP contribution in [0.4, 0.5) is 11.4 Å². The Hall–Kier alpha value is -2.15. The Bertz CT molecular complexity index is 1210. The summed E-state index contributed by atoms with van der Waals surface area (Å²) in [7, 11) is 0. The van der Waals surface area contributed by atoms with Crippen molar-refractivity contribution in [1.82, 2.24) is 0 Å². The number of hydrogen-bond donors (Lipinski definition) is 1. The standard InChI is InChI=1S/C31H36N2O2.HI/c1-2-32-26-12-8-9-23(26)24-21-22(13-15-27(24)32)14-16-29-31(18-6-3-7-19-31)25-10-4-5-11-28(25)33(29)20-17-30(34)35;/h4-5,10-11,13-16,21,23,26H,2-3,6-9,12,17-20H2,1H3;1H. The lowest BCUT2D eigenvalue weighted by Crippen LogP contribution is -3.00. The summed E-state index contributed by atoms with van der Waals surface area (Å²) >= 11 is 0. The van der Waals surface area contributed by atoms with E-state index in [2.05, 4.69) is 71.0 Å². The number of benzene rings is 2. The van der Waals surface area contributed by atoms with E-state index in [1.807, 2.05) is 0 Å². The van der Waals surface area contributed by atoms with Crippen molar-refractivity contribution in [2.45, 2.75) is 82.1 Å². The van der Waals surface area contributed by atoms with Gasteiger partial charge in [0.05, 0.1) is 5.41 Å². The molecule has 5 heteroatoms. The molecule has 1 spiro atoms. The molecule has 4 aliphatic rings. The van der Waals surface area contributed by atoms with Gasteiger partial charge in [0.15, 0.2) is 12.3 Å². The van der Waals surface area contributed by atoms with Crippen LogP contribution in [0.1, 0.15) is 87.3 Å². The summed E-state index contributed by atoms with van der Waals surface area (Å²) in [5.74, 6) is -0.0564. The highest BCUT2D eigenvalue weighted by Gasteiger charge is 2.51. The lowest BCUT2D eigenvalue weighted by atomic mass is 9.67. The number of carbonyl (C=O) groups is 1. The quantitative estimate of drug-likeness (QED) is 0.409. The molecule has 190 valence electrons. The minimum absolute atomic E-state index is 0. The smallest absolute Gasteiger partial charge is 0.309 e. The first-order chi connectivity index (χ1) is 17.1. The molecule has 2 aromatic rings. The van der Waals surface area contributed by atoms with Gasteiger partial charge >= 0.3 is 5.97 Å². The van der Waals surface area contributed by atoms with Gasteiger partial charge in [0.25, 0.3) is 0 Å². The van der Waals surface area contributed by atoms with Crippen molar-refractivity contribution >= 4 is 29.1 Å². The third-order valence-electron chi connectivity index (χ3n) is 9.16. The highest BCUT2D eigenvalue weighted by Crippen LogP contribution is 2.50. The molecule has 0 radical (unpaired) electrons. The van der Waals surface area contributed by atoms with Crippen LogP contribution < -0.4 is 28.9 Å². The van der Waals surface area contributed by atoms with Gasteiger partial charge in [-0.2, -0.15) is 4.58 Å². The fourth-order valence-corrected chi connectivity index (χ4v) is 7.69. The predicted molar refractivity (Wildman–Crippen MR) is 142 cm³/mol. The molecule has 4 nitrogen and oxygen atoms in total. The second-order valence-electron chi connectivity index (χ2n) is 10.9. The fourth-order valence-electron chi connectivity index (χ4n) is 7.69. The van der Waals surface area contributed by atoms with Crippen molar-refractivity contribution in [1.29, 1.82) is 0 Å². The molecule has 2 atom stereocenters. The van der Waals surface area contributed by atoms with Crippen molar-refractivity contribution in [3.05, 3.63) is 65.2 Å². The predicted octanol–water partition coefficient (Wildman–Crippen LogP) is 3.66. The third kappa shape index (κ3) is 4.11. The zero-order chi connectivity index (χ0) is 24.0. The Kier molecular flexibility index (Phi) is 7.30. The maximum Gasteiger partial charge on any atom is 0.309 e. The van der Waals surface area contributed by atoms with Crippen molar-refractivity contribution in [2.24, 2.45) is 0 Å². The van der Waals surface area contributed by atoms with E-state index < -0.39 is 5.97 Å². The third-order valence-corrected chi connectivity index (χ3v) is 9.16. The molecule has 0 aromatic heterocycles. The van der Waals surface area contributed by atoms with Crippen molar-refractivity contribution < 1.29 is 38.5 Å². The monoisotopic (exact) mass is 596 g/mol. The molecular formula is C31H37IN2O2. The number of likely N-dealkylation sites (N-methyl/N-ethyl adjacent to an activating group) is 1. The van der Waals surface area contributed by atoms with E-state index in [4.69, 9.17) is 0 Å². The Labute approximate surface area is 232 Å². The van der Waals surface area contributed by atoms with Gasteiger partial charge in [0, 0.05) is 41.9 Å². The molecule has 2 aliphatic carbocycles. The molecule has 36 heavy (non-hydrogen) atoms. The molecule has 1 N–H and O–H groups in total. The van der Waals surface area contributed by atoms with Crippen LogP contribution in [0.3, 0.4) is 0 Å². The van der Waals surface area contributed by atoms with Crippen LogP contribution in [-0.2, 0) is 10.2 Å². The Morgan fingerprint density at radius 3 is 2.67 bits per heavy atom. The van der Waals surface area contributed by atoms with Crippen LogP contribution in [0.5, 0.6) is 0 Å². The van der Waals surface area contributed by atoms with Crippen molar-refractivity contribution in [3.8, 4) is 0 Å². The van der Waals surface area contributed by atoms with Crippen LogP contribution in [0, 0.1) is 0 Å². The lowest BCUT2D eigenvalue weighted by molar-refractivity contribution is -0.436. The van der Waals surface area contributed by atoms with Crippen LogP contribution >= 0.6 is 0 Å². The molecule has 0 bridgehead atoms. The number of allylic oxidation sites excluding steroid dienone is 1. The van der Waals surface area contributed by atoms with Crippen LogP contribution in [0.25, 0.3) is 6.08 Å². The van der Waals surface area contributed by atoms with Gasteiger partial charge in [0.1, 0.15) is 6.42 Å². The minimum atomic E-state index is -0.736. The summed E-state index contributed by atoms with van der Waals surface area (Å²) in [4.78, 5) is 14.1.